The highest BCUT2D eigenvalue weighted by molar-refractivity contribution is 5.72. The van der Waals surface area contributed by atoms with E-state index in [1.165, 1.54) is 6.42 Å². The van der Waals surface area contributed by atoms with Crippen molar-refractivity contribution in [1.29, 1.82) is 0 Å². The van der Waals surface area contributed by atoms with Gasteiger partial charge < -0.3 is 29.2 Å². The molecular weight excluding hydrogens is 496 g/mol. The normalized spacial score (nSPS) is 30.2. The van der Waals surface area contributed by atoms with Crippen LogP contribution in [0.25, 0.3) is 0 Å². The number of aliphatic hydroxyl groups excluding tert-OH is 1. The molecule has 1 saturated carbocycles. The average molecular weight is 551 g/mol. The Balaban J connectivity index is 1.53. The van der Waals surface area contributed by atoms with E-state index in [9.17, 15) is 15.0 Å². The molecule has 0 aromatic carbocycles. The van der Waals surface area contributed by atoms with Gasteiger partial charge >= 0.3 is 5.97 Å². The van der Waals surface area contributed by atoms with Gasteiger partial charge in [-0.25, -0.2) is 4.79 Å². The Bertz CT molecular complexity index is 752. The minimum Gasteiger partial charge on any atom is -0.479 e. The van der Waals surface area contributed by atoms with Gasteiger partial charge in [-0.05, 0) is 94.3 Å². The number of unbranched alkanes of at least 4 members (excludes halogenated alkanes) is 1. The summed E-state index contributed by atoms with van der Waals surface area (Å²) in [5, 5.41) is 20.3. The van der Waals surface area contributed by atoms with E-state index < -0.39 is 18.4 Å². The Hall–Kier alpha value is -1.25. The van der Waals surface area contributed by atoms with Crippen molar-refractivity contribution in [2.24, 2.45) is 17.3 Å². The number of carbonyl (C=O) groups is 1. The molecule has 2 heterocycles. The molecule has 0 amide bonds. The number of aliphatic carboxylic acids is 1. The number of allylic oxidation sites excluding steroid dienone is 3. The number of carboxylic acid groups (broad SMARTS) is 1. The van der Waals surface area contributed by atoms with Crippen LogP contribution in [-0.4, -0.2) is 60.3 Å². The van der Waals surface area contributed by atoms with Crippen molar-refractivity contribution in [2.45, 2.75) is 142 Å². The second-order valence-corrected chi connectivity index (χ2v) is 12.3. The molecule has 2 aliphatic heterocycles. The summed E-state index contributed by atoms with van der Waals surface area (Å²) in [6, 6.07) is 0. The molecule has 1 aliphatic carbocycles. The lowest BCUT2D eigenvalue weighted by molar-refractivity contribution is -0.201. The van der Waals surface area contributed by atoms with Crippen LogP contribution in [0, 0.1) is 17.3 Å². The van der Waals surface area contributed by atoms with Gasteiger partial charge in [0.15, 0.2) is 18.7 Å². The Kier molecular flexibility index (Phi) is 14.0. The summed E-state index contributed by atoms with van der Waals surface area (Å²) in [6.07, 6.45) is 19.9. The van der Waals surface area contributed by atoms with E-state index in [0.29, 0.717) is 25.4 Å². The summed E-state index contributed by atoms with van der Waals surface area (Å²) >= 11 is 0. The number of hydrogen-bond acceptors (Lipinski definition) is 6. The fraction of sp³-hybridized carbons (Fsp3) is 0.844. The van der Waals surface area contributed by atoms with Crippen LogP contribution in [0.1, 0.15) is 111 Å². The monoisotopic (exact) mass is 550 g/mol. The maximum atomic E-state index is 11.6. The molecule has 3 rings (SSSR count). The van der Waals surface area contributed by atoms with E-state index in [0.717, 1.165) is 77.2 Å². The molecule has 0 radical (unpaired) electrons. The van der Waals surface area contributed by atoms with Crippen LogP contribution in [0.3, 0.4) is 0 Å². The van der Waals surface area contributed by atoms with E-state index in [-0.39, 0.29) is 29.8 Å². The molecule has 2 N–H and O–H groups in total. The Morgan fingerprint density at radius 3 is 2.31 bits per heavy atom. The predicted octanol–water partition coefficient (Wildman–Crippen LogP) is 6.78. The first kappa shape index (κ1) is 32.3. The van der Waals surface area contributed by atoms with Gasteiger partial charge in [-0.2, -0.15) is 0 Å². The van der Waals surface area contributed by atoms with E-state index in [1.807, 2.05) is 6.08 Å². The van der Waals surface area contributed by atoms with Crippen LogP contribution < -0.4 is 0 Å². The summed E-state index contributed by atoms with van der Waals surface area (Å²) < 4.78 is 23.7. The molecule has 3 aliphatic rings. The number of rotatable bonds is 16. The van der Waals surface area contributed by atoms with Gasteiger partial charge in [0, 0.05) is 13.2 Å². The van der Waals surface area contributed by atoms with Crippen molar-refractivity contribution in [2.75, 3.05) is 13.2 Å². The molecule has 0 aromatic heterocycles. The molecule has 224 valence electrons. The van der Waals surface area contributed by atoms with E-state index >= 15 is 0 Å². The lowest BCUT2D eigenvalue weighted by Crippen LogP contribution is -2.36. The van der Waals surface area contributed by atoms with Crippen molar-refractivity contribution >= 4 is 5.97 Å². The Morgan fingerprint density at radius 1 is 1.00 bits per heavy atom. The topological polar surface area (TPSA) is 94.5 Å². The number of aliphatic hydroxyl groups is 1. The molecule has 4 unspecified atom stereocenters. The van der Waals surface area contributed by atoms with Gasteiger partial charge in [0.2, 0.25) is 0 Å². The molecule has 2 saturated heterocycles. The summed E-state index contributed by atoms with van der Waals surface area (Å²) in [5.74, 6) is -0.486. The number of hydrogen-bond donors (Lipinski definition) is 2. The summed E-state index contributed by atoms with van der Waals surface area (Å²) in [4.78, 5) is 11.6. The summed E-state index contributed by atoms with van der Waals surface area (Å²) in [5.41, 5.74) is 0.00531. The Morgan fingerprint density at radius 2 is 1.69 bits per heavy atom. The van der Waals surface area contributed by atoms with Gasteiger partial charge in [0.05, 0.1) is 12.2 Å². The molecule has 0 spiro atoms. The lowest BCUT2D eigenvalue weighted by Gasteiger charge is -2.36. The number of ether oxygens (including phenoxy) is 4. The first-order valence-electron chi connectivity index (χ1n) is 15.6. The van der Waals surface area contributed by atoms with Gasteiger partial charge in [-0.1, -0.05) is 57.9 Å². The summed E-state index contributed by atoms with van der Waals surface area (Å²) in [6.45, 7) is 8.21. The van der Waals surface area contributed by atoms with Gasteiger partial charge in [-0.3, -0.25) is 0 Å². The Labute approximate surface area is 236 Å². The highest BCUT2D eigenvalue weighted by Gasteiger charge is 2.35. The van der Waals surface area contributed by atoms with Crippen molar-refractivity contribution < 1.29 is 34.0 Å². The maximum Gasteiger partial charge on any atom is 0.332 e. The van der Waals surface area contributed by atoms with Crippen LogP contribution in [0.2, 0.25) is 0 Å². The summed E-state index contributed by atoms with van der Waals surface area (Å²) in [7, 11) is 0. The van der Waals surface area contributed by atoms with Crippen LogP contribution >= 0.6 is 0 Å². The highest BCUT2D eigenvalue weighted by atomic mass is 16.7. The third-order valence-electron chi connectivity index (χ3n) is 8.65. The third-order valence-corrected chi connectivity index (χ3v) is 8.65. The van der Waals surface area contributed by atoms with E-state index in [2.05, 4.69) is 39.0 Å². The van der Waals surface area contributed by atoms with Crippen molar-refractivity contribution in [3.63, 3.8) is 0 Å². The van der Waals surface area contributed by atoms with Crippen LogP contribution in [-0.2, 0) is 23.7 Å². The molecular formula is C32H54O7. The maximum absolute atomic E-state index is 11.6. The minimum absolute atomic E-state index is 0.00531. The van der Waals surface area contributed by atoms with E-state index in [1.54, 1.807) is 0 Å². The highest BCUT2D eigenvalue weighted by Crippen LogP contribution is 2.38. The zero-order chi connectivity index (χ0) is 28.1. The van der Waals surface area contributed by atoms with Crippen LogP contribution in [0.5, 0.6) is 0 Å². The van der Waals surface area contributed by atoms with Gasteiger partial charge in [-0.15, -0.1) is 0 Å². The van der Waals surface area contributed by atoms with Crippen molar-refractivity contribution in [3.8, 4) is 0 Å². The van der Waals surface area contributed by atoms with Gasteiger partial charge in [0.1, 0.15) is 0 Å². The molecule has 7 nitrogen and oxygen atoms in total. The first-order valence-corrected chi connectivity index (χ1v) is 15.6. The molecule has 39 heavy (non-hydrogen) atoms. The molecule has 0 aromatic rings. The average Bonchev–Trinajstić information content (AvgIpc) is 3.28. The quantitative estimate of drug-likeness (QED) is 0.205. The van der Waals surface area contributed by atoms with Crippen molar-refractivity contribution in [3.05, 3.63) is 24.3 Å². The van der Waals surface area contributed by atoms with Gasteiger partial charge in [0.25, 0.3) is 0 Å². The first-order chi connectivity index (χ1) is 18.8. The second kappa shape index (κ2) is 16.9. The fourth-order valence-corrected chi connectivity index (χ4v) is 6.01. The molecule has 7 heteroatoms. The molecule has 0 bridgehead atoms. The standard InChI is InChI=1S/C32H54O7/c1-4-5-21-32(2,3)28(39-30-16-10-12-23-37-30)20-18-24-17-19-26(33)25(24)13-7-6-8-14-27(31(34)35)38-29-15-9-11-22-36-29/h6-7,18,20,24-30,33H,4-5,8-17,19,21-23H2,1-3H3,(H,34,35)/t24-,25-,26+,27?,28?,29?,30?/m1/s1. The third kappa shape index (κ3) is 10.9. The molecule has 7 atom stereocenters. The zero-order valence-corrected chi connectivity index (χ0v) is 24.6. The largest absolute Gasteiger partial charge is 0.479 e. The van der Waals surface area contributed by atoms with Crippen molar-refractivity contribution in [1.82, 2.24) is 0 Å². The fourth-order valence-electron chi connectivity index (χ4n) is 6.01. The van der Waals surface area contributed by atoms with E-state index in [4.69, 9.17) is 18.9 Å². The number of carboxylic acids is 1. The van der Waals surface area contributed by atoms with Crippen LogP contribution in [0.15, 0.2) is 24.3 Å². The zero-order valence-electron chi connectivity index (χ0n) is 24.6. The molecule has 3 fully saturated rings. The lowest BCUT2D eigenvalue weighted by atomic mass is 9.80. The second-order valence-electron chi connectivity index (χ2n) is 12.3. The SMILES string of the molecule is CCCCC(C)(C)C(C=C[C@H]1CC[C@H](O)[C@@H]1CC=CCCC(OC1CCCCO1)C(=O)O)OC1CCCCO1. The predicted molar refractivity (Wildman–Crippen MR) is 152 cm³/mol. The smallest absolute Gasteiger partial charge is 0.332 e. The minimum atomic E-state index is -0.939. The van der Waals surface area contributed by atoms with Crippen LogP contribution in [0.4, 0.5) is 0 Å².